The highest BCUT2D eigenvalue weighted by molar-refractivity contribution is 6.32. The van der Waals surface area contributed by atoms with Crippen molar-refractivity contribution in [2.45, 2.75) is 51.7 Å². The second-order valence-corrected chi connectivity index (χ2v) is 6.78. The SMILES string of the molecule is CCOc1cc(/C=C/C(=O)OC(C)C(=O)NC2CCCC2)cc(Cl)c1OC. The number of rotatable bonds is 8. The molecule has 1 amide bonds. The van der Waals surface area contributed by atoms with Crippen molar-refractivity contribution in [2.75, 3.05) is 13.7 Å². The Morgan fingerprint density at radius 3 is 2.67 bits per heavy atom. The number of carbonyl (C=O) groups excluding carboxylic acids is 2. The van der Waals surface area contributed by atoms with Gasteiger partial charge in [-0.2, -0.15) is 0 Å². The van der Waals surface area contributed by atoms with Gasteiger partial charge in [0.05, 0.1) is 18.7 Å². The van der Waals surface area contributed by atoms with Crippen LogP contribution in [0.15, 0.2) is 18.2 Å². The van der Waals surface area contributed by atoms with E-state index in [9.17, 15) is 9.59 Å². The number of amides is 1. The van der Waals surface area contributed by atoms with E-state index in [1.807, 2.05) is 6.92 Å². The van der Waals surface area contributed by atoms with Gasteiger partial charge in [0.25, 0.3) is 5.91 Å². The molecular formula is C20H26ClNO5. The zero-order valence-corrected chi connectivity index (χ0v) is 16.7. The summed E-state index contributed by atoms with van der Waals surface area (Å²) in [6, 6.07) is 3.56. The van der Waals surface area contributed by atoms with Crippen LogP contribution in [-0.4, -0.2) is 37.7 Å². The molecule has 0 spiro atoms. The third-order valence-electron chi connectivity index (χ3n) is 4.31. The Hall–Kier alpha value is -2.21. The van der Waals surface area contributed by atoms with Crippen LogP contribution in [-0.2, 0) is 14.3 Å². The molecule has 1 unspecified atom stereocenters. The third-order valence-corrected chi connectivity index (χ3v) is 4.59. The monoisotopic (exact) mass is 395 g/mol. The lowest BCUT2D eigenvalue weighted by Gasteiger charge is -2.16. The Bertz CT molecular complexity index is 698. The third kappa shape index (κ3) is 6.17. The fourth-order valence-corrected chi connectivity index (χ4v) is 3.26. The quantitative estimate of drug-likeness (QED) is 0.536. The van der Waals surface area contributed by atoms with E-state index in [1.54, 1.807) is 25.1 Å². The molecule has 2 rings (SSSR count). The summed E-state index contributed by atoms with van der Waals surface area (Å²) in [5, 5.41) is 3.29. The van der Waals surface area contributed by atoms with E-state index >= 15 is 0 Å². The van der Waals surface area contributed by atoms with Crippen LogP contribution in [0, 0.1) is 0 Å². The molecule has 0 aliphatic heterocycles. The smallest absolute Gasteiger partial charge is 0.331 e. The number of hydrogen-bond acceptors (Lipinski definition) is 5. The molecule has 1 saturated carbocycles. The van der Waals surface area contributed by atoms with Crippen LogP contribution < -0.4 is 14.8 Å². The van der Waals surface area contributed by atoms with Crippen molar-refractivity contribution in [2.24, 2.45) is 0 Å². The summed E-state index contributed by atoms with van der Waals surface area (Å²) in [5.74, 6) is 0.0593. The lowest BCUT2D eigenvalue weighted by molar-refractivity contribution is -0.150. The predicted molar refractivity (Wildman–Crippen MR) is 104 cm³/mol. The molecule has 6 nitrogen and oxygen atoms in total. The van der Waals surface area contributed by atoms with E-state index < -0.39 is 12.1 Å². The summed E-state index contributed by atoms with van der Waals surface area (Å²) in [5.41, 5.74) is 0.657. The molecule has 0 bridgehead atoms. The summed E-state index contributed by atoms with van der Waals surface area (Å²) in [6.45, 7) is 3.87. The van der Waals surface area contributed by atoms with Gasteiger partial charge < -0.3 is 19.5 Å². The van der Waals surface area contributed by atoms with Gasteiger partial charge in [-0.25, -0.2) is 4.79 Å². The molecule has 7 heteroatoms. The number of methoxy groups -OCH3 is 1. The minimum absolute atomic E-state index is 0.188. The van der Waals surface area contributed by atoms with Crippen LogP contribution in [0.5, 0.6) is 11.5 Å². The molecule has 1 fully saturated rings. The van der Waals surface area contributed by atoms with Gasteiger partial charge in [0.1, 0.15) is 0 Å². The molecule has 0 aromatic heterocycles. The van der Waals surface area contributed by atoms with Crippen LogP contribution in [0.4, 0.5) is 0 Å². The number of ether oxygens (including phenoxy) is 3. The van der Waals surface area contributed by atoms with Crippen molar-refractivity contribution >= 4 is 29.6 Å². The first-order valence-corrected chi connectivity index (χ1v) is 9.51. The minimum Gasteiger partial charge on any atom is -0.491 e. The molecule has 1 atom stereocenters. The second kappa shape index (κ2) is 10.2. The van der Waals surface area contributed by atoms with E-state index in [0.717, 1.165) is 25.7 Å². The van der Waals surface area contributed by atoms with Crippen LogP contribution in [0.2, 0.25) is 5.02 Å². The molecule has 0 saturated heterocycles. The first-order valence-electron chi connectivity index (χ1n) is 9.14. The molecule has 1 aromatic carbocycles. The largest absolute Gasteiger partial charge is 0.491 e. The lowest BCUT2D eigenvalue weighted by atomic mass is 10.2. The molecule has 148 valence electrons. The Morgan fingerprint density at radius 2 is 2.04 bits per heavy atom. The summed E-state index contributed by atoms with van der Waals surface area (Å²) < 4.78 is 15.9. The second-order valence-electron chi connectivity index (χ2n) is 6.37. The van der Waals surface area contributed by atoms with E-state index in [4.69, 9.17) is 25.8 Å². The number of nitrogens with one attached hydrogen (secondary N) is 1. The Morgan fingerprint density at radius 1 is 1.33 bits per heavy atom. The highest BCUT2D eigenvalue weighted by Crippen LogP contribution is 2.36. The molecular weight excluding hydrogens is 370 g/mol. The molecule has 1 aromatic rings. The summed E-state index contributed by atoms with van der Waals surface area (Å²) in [7, 11) is 1.51. The summed E-state index contributed by atoms with van der Waals surface area (Å²) >= 11 is 6.18. The highest BCUT2D eigenvalue weighted by atomic mass is 35.5. The van der Waals surface area contributed by atoms with Crippen molar-refractivity contribution in [1.29, 1.82) is 0 Å². The standard InChI is InChI=1S/C20H26ClNO5/c1-4-26-17-12-14(11-16(21)19(17)25-3)9-10-18(23)27-13(2)20(24)22-15-7-5-6-8-15/h9-13,15H,4-8H2,1-3H3,(H,22,24)/b10-9+. The molecule has 1 N–H and O–H groups in total. The normalized spacial score (nSPS) is 15.6. The Kier molecular flexibility index (Phi) is 7.98. The average Bonchev–Trinajstić information content (AvgIpc) is 3.13. The number of carbonyl (C=O) groups is 2. The van der Waals surface area contributed by atoms with E-state index in [1.165, 1.54) is 13.2 Å². The van der Waals surface area contributed by atoms with Gasteiger partial charge in [0, 0.05) is 12.1 Å². The summed E-state index contributed by atoms with van der Waals surface area (Å²) in [4.78, 5) is 24.1. The van der Waals surface area contributed by atoms with Crippen LogP contribution >= 0.6 is 11.6 Å². The maximum atomic E-state index is 12.1. The van der Waals surface area contributed by atoms with Crippen LogP contribution in [0.3, 0.4) is 0 Å². The number of hydrogen-bond donors (Lipinski definition) is 1. The van der Waals surface area contributed by atoms with Gasteiger partial charge in [-0.05, 0) is 50.5 Å². The fraction of sp³-hybridized carbons (Fsp3) is 0.500. The van der Waals surface area contributed by atoms with Gasteiger partial charge in [0.2, 0.25) is 0 Å². The molecule has 1 aliphatic carbocycles. The zero-order valence-electron chi connectivity index (χ0n) is 15.9. The molecule has 0 heterocycles. The predicted octanol–water partition coefficient (Wildman–Crippen LogP) is 3.75. The van der Waals surface area contributed by atoms with Crippen LogP contribution in [0.25, 0.3) is 6.08 Å². The maximum Gasteiger partial charge on any atom is 0.331 e. The van der Waals surface area contributed by atoms with Gasteiger partial charge in [-0.3, -0.25) is 4.79 Å². The molecule has 1 aliphatic rings. The lowest BCUT2D eigenvalue weighted by Crippen LogP contribution is -2.40. The first-order chi connectivity index (χ1) is 12.9. The maximum absolute atomic E-state index is 12.1. The fourth-order valence-electron chi connectivity index (χ4n) is 2.97. The average molecular weight is 396 g/mol. The topological polar surface area (TPSA) is 73.9 Å². The van der Waals surface area contributed by atoms with Gasteiger partial charge >= 0.3 is 5.97 Å². The number of esters is 1. The van der Waals surface area contributed by atoms with Crippen molar-refractivity contribution in [1.82, 2.24) is 5.32 Å². The van der Waals surface area contributed by atoms with Gasteiger partial charge in [-0.15, -0.1) is 0 Å². The zero-order chi connectivity index (χ0) is 19.8. The first kappa shape index (κ1) is 21.1. The highest BCUT2D eigenvalue weighted by Gasteiger charge is 2.22. The number of benzene rings is 1. The number of halogens is 1. The van der Waals surface area contributed by atoms with Crippen molar-refractivity contribution in [3.63, 3.8) is 0 Å². The van der Waals surface area contributed by atoms with Gasteiger partial charge in [0.15, 0.2) is 17.6 Å². The molecule has 0 radical (unpaired) electrons. The van der Waals surface area contributed by atoms with Gasteiger partial charge in [-0.1, -0.05) is 24.4 Å². The van der Waals surface area contributed by atoms with E-state index in [-0.39, 0.29) is 11.9 Å². The minimum atomic E-state index is -0.846. The van der Waals surface area contributed by atoms with E-state index in [2.05, 4.69) is 5.32 Å². The van der Waals surface area contributed by atoms with Crippen molar-refractivity contribution < 1.29 is 23.8 Å². The van der Waals surface area contributed by atoms with Crippen molar-refractivity contribution in [3.8, 4) is 11.5 Å². The Labute approximate surface area is 164 Å². The molecule has 27 heavy (non-hydrogen) atoms. The van der Waals surface area contributed by atoms with Crippen molar-refractivity contribution in [3.05, 3.63) is 28.8 Å². The van der Waals surface area contributed by atoms with E-state index in [0.29, 0.717) is 28.7 Å². The summed E-state index contributed by atoms with van der Waals surface area (Å²) in [6.07, 6.45) is 6.16. The Balaban J connectivity index is 1.96. The van der Waals surface area contributed by atoms with Crippen LogP contribution in [0.1, 0.15) is 45.1 Å².